The lowest BCUT2D eigenvalue weighted by Gasteiger charge is -2.12. The summed E-state index contributed by atoms with van der Waals surface area (Å²) in [5, 5.41) is 11.3. The molecule has 29 heavy (non-hydrogen) atoms. The maximum atomic E-state index is 11.0. The number of carbonyl (C=O) groups excluding carboxylic acids is 1. The zero-order valence-electron chi connectivity index (χ0n) is 15.6. The molecular formula is C21H21Cl2N3O3. The molecule has 8 heteroatoms. The molecule has 0 bridgehead atoms. The van der Waals surface area contributed by atoms with Crippen LogP contribution in [0.4, 0.5) is 0 Å². The Morgan fingerprint density at radius 2 is 1.93 bits per heavy atom. The van der Waals surface area contributed by atoms with Gasteiger partial charge in [-0.05, 0) is 54.3 Å². The molecule has 1 heterocycles. The highest BCUT2D eigenvalue weighted by Crippen LogP contribution is 2.29. The van der Waals surface area contributed by atoms with Crippen molar-refractivity contribution in [3.63, 3.8) is 0 Å². The lowest BCUT2D eigenvalue weighted by molar-refractivity contribution is 0.0995. The van der Waals surface area contributed by atoms with Gasteiger partial charge in [-0.3, -0.25) is 4.79 Å². The Morgan fingerprint density at radius 1 is 1.17 bits per heavy atom. The number of aliphatic hydroxyl groups excluding tert-OH is 1. The molecule has 2 aromatic carbocycles. The molecule has 0 fully saturated rings. The first-order valence-electron chi connectivity index (χ1n) is 9.09. The summed E-state index contributed by atoms with van der Waals surface area (Å²) in [7, 11) is 0. The number of carbonyl (C=O) groups is 1. The van der Waals surface area contributed by atoms with Crippen molar-refractivity contribution in [2.24, 2.45) is 5.73 Å². The van der Waals surface area contributed by atoms with Crippen molar-refractivity contribution in [2.75, 3.05) is 6.61 Å². The summed E-state index contributed by atoms with van der Waals surface area (Å²) in [6.07, 6.45) is 3.65. The highest BCUT2D eigenvalue weighted by atomic mass is 35.5. The fourth-order valence-corrected chi connectivity index (χ4v) is 3.44. The predicted molar refractivity (Wildman–Crippen MR) is 113 cm³/mol. The Kier molecular flexibility index (Phi) is 7.14. The third-order valence-electron chi connectivity index (χ3n) is 4.29. The second-order valence-corrected chi connectivity index (χ2v) is 7.52. The first-order valence-corrected chi connectivity index (χ1v) is 9.85. The van der Waals surface area contributed by atoms with Crippen LogP contribution < -0.4 is 10.5 Å². The van der Waals surface area contributed by atoms with Gasteiger partial charge < -0.3 is 20.1 Å². The molecule has 1 unspecified atom stereocenters. The molecule has 1 amide bonds. The van der Waals surface area contributed by atoms with Crippen LogP contribution in [0, 0.1) is 0 Å². The summed E-state index contributed by atoms with van der Waals surface area (Å²) in [6.45, 7) is 0.804. The number of halogens is 2. The number of hydrogen-bond donors (Lipinski definition) is 2. The van der Waals surface area contributed by atoms with E-state index < -0.39 is 12.0 Å². The third kappa shape index (κ3) is 6.22. The Balaban J connectivity index is 1.48. The van der Waals surface area contributed by atoms with Gasteiger partial charge >= 0.3 is 0 Å². The zero-order valence-corrected chi connectivity index (χ0v) is 17.1. The van der Waals surface area contributed by atoms with Gasteiger partial charge in [0.05, 0.1) is 19.0 Å². The predicted octanol–water partition coefficient (Wildman–Crippen LogP) is 4.18. The number of ether oxygens (including phenoxy) is 1. The van der Waals surface area contributed by atoms with E-state index in [9.17, 15) is 9.90 Å². The van der Waals surface area contributed by atoms with Crippen LogP contribution in [0.15, 0.2) is 55.0 Å². The smallest absolute Gasteiger partial charge is 0.268 e. The van der Waals surface area contributed by atoms with Crippen molar-refractivity contribution < 1.29 is 14.6 Å². The van der Waals surface area contributed by atoms with E-state index in [0.717, 1.165) is 16.9 Å². The van der Waals surface area contributed by atoms with Crippen LogP contribution in [-0.2, 0) is 6.54 Å². The van der Waals surface area contributed by atoms with E-state index >= 15 is 0 Å². The SMILES string of the molecule is NC(=O)c1cn(CC(O)CCCOc2cccc(-c3cc(Cl)cc(Cl)c3)c2)cn1. The van der Waals surface area contributed by atoms with Crippen LogP contribution >= 0.6 is 23.2 Å². The van der Waals surface area contributed by atoms with Gasteiger partial charge in [0.25, 0.3) is 5.91 Å². The van der Waals surface area contributed by atoms with E-state index in [2.05, 4.69) is 4.98 Å². The molecule has 0 spiro atoms. The van der Waals surface area contributed by atoms with Gasteiger partial charge in [0, 0.05) is 22.8 Å². The number of aliphatic hydroxyl groups is 1. The number of primary amides is 1. The first kappa shape index (κ1) is 21.2. The van der Waals surface area contributed by atoms with Crippen LogP contribution in [-0.4, -0.2) is 33.3 Å². The van der Waals surface area contributed by atoms with Gasteiger partial charge in [0.15, 0.2) is 0 Å². The lowest BCUT2D eigenvalue weighted by atomic mass is 10.1. The minimum Gasteiger partial charge on any atom is -0.494 e. The minimum atomic E-state index is -0.589. The molecule has 152 valence electrons. The molecule has 0 aliphatic heterocycles. The van der Waals surface area contributed by atoms with E-state index in [1.807, 2.05) is 36.4 Å². The molecule has 0 saturated carbocycles. The maximum Gasteiger partial charge on any atom is 0.268 e. The summed E-state index contributed by atoms with van der Waals surface area (Å²) in [4.78, 5) is 14.9. The van der Waals surface area contributed by atoms with Crippen LogP contribution in [0.25, 0.3) is 11.1 Å². The van der Waals surface area contributed by atoms with E-state index in [1.54, 1.807) is 10.6 Å². The molecule has 1 atom stereocenters. The van der Waals surface area contributed by atoms with Gasteiger partial charge in [-0.25, -0.2) is 4.98 Å². The van der Waals surface area contributed by atoms with Crippen molar-refractivity contribution >= 4 is 29.1 Å². The second-order valence-electron chi connectivity index (χ2n) is 6.65. The van der Waals surface area contributed by atoms with Crippen LogP contribution in [0.1, 0.15) is 23.3 Å². The fourth-order valence-electron chi connectivity index (χ4n) is 2.92. The fraction of sp³-hybridized carbons (Fsp3) is 0.238. The number of rotatable bonds is 9. The van der Waals surface area contributed by atoms with Gasteiger partial charge in [-0.15, -0.1) is 0 Å². The van der Waals surface area contributed by atoms with E-state index in [1.165, 1.54) is 12.5 Å². The summed E-state index contributed by atoms with van der Waals surface area (Å²) in [6, 6.07) is 13.1. The highest BCUT2D eigenvalue weighted by Gasteiger charge is 2.09. The van der Waals surface area contributed by atoms with Crippen molar-refractivity contribution in [1.29, 1.82) is 0 Å². The Labute approximate surface area is 178 Å². The van der Waals surface area contributed by atoms with Crippen LogP contribution in [0.5, 0.6) is 5.75 Å². The summed E-state index contributed by atoms with van der Waals surface area (Å²) >= 11 is 12.2. The van der Waals surface area contributed by atoms with Crippen molar-refractivity contribution in [3.8, 4) is 16.9 Å². The van der Waals surface area contributed by atoms with Crippen molar-refractivity contribution in [1.82, 2.24) is 9.55 Å². The number of nitrogens with two attached hydrogens (primary N) is 1. The minimum absolute atomic E-state index is 0.182. The van der Waals surface area contributed by atoms with Crippen molar-refractivity contribution in [2.45, 2.75) is 25.5 Å². The second kappa shape index (κ2) is 9.78. The quantitative estimate of drug-likeness (QED) is 0.495. The molecule has 0 saturated heterocycles. The topological polar surface area (TPSA) is 90.4 Å². The van der Waals surface area contributed by atoms with E-state index in [-0.39, 0.29) is 5.69 Å². The normalized spacial score (nSPS) is 12.0. The highest BCUT2D eigenvalue weighted by molar-refractivity contribution is 6.35. The average molecular weight is 434 g/mol. The number of aromatic nitrogens is 2. The van der Waals surface area contributed by atoms with E-state index in [0.29, 0.717) is 36.0 Å². The number of benzene rings is 2. The first-order chi connectivity index (χ1) is 13.9. The van der Waals surface area contributed by atoms with Crippen LogP contribution in [0.2, 0.25) is 10.0 Å². The molecular weight excluding hydrogens is 413 g/mol. The van der Waals surface area contributed by atoms with Gasteiger partial charge in [0.1, 0.15) is 11.4 Å². The Morgan fingerprint density at radius 3 is 2.62 bits per heavy atom. The molecule has 0 aliphatic rings. The Hall–Kier alpha value is -2.54. The largest absolute Gasteiger partial charge is 0.494 e. The number of hydrogen-bond acceptors (Lipinski definition) is 4. The van der Waals surface area contributed by atoms with Crippen molar-refractivity contribution in [3.05, 3.63) is 70.7 Å². The Bertz CT molecular complexity index is 971. The van der Waals surface area contributed by atoms with Gasteiger partial charge in [0.2, 0.25) is 0 Å². The molecule has 6 nitrogen and oxygen atoms in total. The molecule has 3 aromatic rings. The molecule has 0 aliphatic carbocycles. The molecule has 1 aromatic heterocycles. The maximum absolute atomic E-state index is 11.0. The summed E-state index contributed by atoms with van der Waals surface area (Å²) < 4.78 is 7.45. The third-order valence-corrected chi connectivity index (χ3v) is 4.72. The zero-order chi connectivity index (χ0) is 20.8. The van der Waals surface area contributed by atoms with Gasteiger partial charge in [-0.2, -0.15) is 0 Å². The molecule has 0 radical (unpaired) electrons. The summed E-state index contributed by atoms with van der Waals surface area (Å²) in [5.41, 5.74) is 7.22. The van der Waals surface area contributed by atoms with Gasteiger partial charge in [-0.1, -0.05) is 35.3 Å². The number of imidazole rings is 1. The molecule has 3 N–H and O–H groups in total. The number of nitrogens with zero attached hydrogens (tertiary/aromatic N) is 2. The standard InChI is InChI=1S/C21H21Cl2N3O3/c22-16-7-15(8-17(23)10-16)14-3-1-5-19(9-14)29-6-2-4-18(27)11-26-12-20(21(24)28)25-13-26/h1,3,5,7-10,12-13,18,27H,2,4,6,11H2,(H2,24,28). The summed E-state index contributed by atoms with van der Waals surface area (Å²) in [5.74, 6) is 0.141. The monoisotopic (exact) mass is 433 g/mol. The average Bonchev–Trinajstić information content (AvgIpc) is 3.13. The number of amides is 1. The molecule has 3 rings (SSSR count). The van der Waals surface area contributed by atoms with E-state index in [4.69, 9.17) is 33.7 Å². The lowest BCUT2D eigenvalue weighted by Crippen LogP contribution is -2.16. The van der Waals surface area contributed by atoms with Crippen LogP contribution in [0.3, 0.4) is 0 Å².